The fourth-order valence-electron chi connectivity index (χ4n) is 3.63. The van der Waals surface area contributed by atoms with Crippen molar-refractivity contribution in [3.63, 3.8) is 0 Å². The van der Waals surface area contributed by atoms with Crippen molar-refractivity contribution in [3.05, 3.63) is 59.1 Å². The Kier molecular flexibility index (Phi) is 7.79. The molecule has 1 aliphatic rings. The zero-order valence-corrected chi connectivity index (χ0v) is 19.7. The van der Waals surface area contributed by atoms with Crippen LogP contribution < -0.4 is 4.31 Å². The van der Waals surface area contributed by atoms with E-state index in [2.05, 4.69) is 0 Å². The summed E-state index contributed by atoms with van der Waals surface area (Å²) in [5.74, 6) is -0.815. The van der Waals surface area contributed by atoms with Gasteiger partial charge in [-0.05, 0) is 57.0 Å². The molecule has 32 heavy (non-hydrogen) atoms. The van der Waals surface area contributed by atoms with E-state index in [1.807, 2.05) is 6.92 Å². The molecule has 0 N–H and O–H groups in total. The molecule has 0 bridgehead atoms. The van der Waals surface area contributed by atoms with Gasteiger partial charge in [-0.1, -0.05) is 35.4 Å². The smallest absolute Gasteiger partial charge is 0.309 e. The topological polar surface area (TPSA) is 84.0 Å². The first-order valence-electron chi connectivity index (χ1n) is 10.5. The number of ether oxygens (including phenoxy) is 1. The molecule has 1 heterocycles. The van der Waals surface area contributed by atoms with Crippen LogP contribution in [0.2, 0.25) is 5.02 Å². The van der Waals surface area contributed by atoms with Crippen LogP contribution in [0.25, 0.3) is 0 Å². The second-order valence-corrected chi connectivity index (χ2v) is 10.0. The fraction of sp³-hybridized carbons (Fsp3) is 0.391. The van der Waals surface area contributed by atoms with E-state index in [0.29, 0.717) is 43.2 Å². The summed E-state index contributed by atoms with van der Waals surface area (Å²) in [4.78, 5) is 26.7. The average molecular weight is 479 g/mol. The summed E-state index contributed by atoms with van der Waals surface area (Å²) < 4.78 is 33.0. The number of esters is 1. The Morgan fingerprint density at radius 3 is 2.38 bits per heavy atom. The van der Waals surface area contributed by atoms with Gasteiger partial charge in [0, 0.05) is 18.1 Å². The Morgan fingerprint density at radius 1 is 1.12 bits per heavy atom. The van der Waals surface area contributed by atoms with Crippen LogP contribution >= 0.6 is 11.6 Å². The summed E-state index contributed by atoms with van der Waals surface area (Å²) in [6.07, 6.45) is 0.985. The van der Waals surface area contributed by atoms with Gasteiger partial charge < -0.3 is 9.64 Å². The lowest BCUT2D eigenvalue weighted by Crippen LogP contribution is -2.46. The number of anilines is 1. The number of carbonyl (C=O) groups excluding carboxylic acids is 2. The number of rotatable bonds is 7. The Bertz CT molecular complexity index is 1060. The molecule has 1 aliphatic heterocycles. The van der Waals surface area contributed by atoms with Gasteiger partial charge in [-0.15, -0.1) is 0 Å². The summed E-state index contributed by atoms with van der Waals surface area (Å²) in [6, 6.07) is 12.9. The quantitative estimate of drug-likeness (QED) is 0.567. The summed E-state index contributed by atoms with van der Waals surface area (Å²) in [5, 5.41) is 0.370. The fourth-order valence-corrected chi connectivity index (χ4v) is 5.22. The highest BCUT2D eigenvalue weighted by Gasteiger charge is 2.32. The number of hydrogen-bond donors (Lipinski definition) is 0. The van der Waals surface area contributed by atoms with Gasteiger partial charge in [-0.25, -0.2) is 8.42 Å². The van der Waals surface area contributed by atoms with Gasteiger partial charge in [-0.3, -0.25) is 13.9 Å². The molecule has 1 fully saturated rings. The van der Waals surface area contributed by atoms with E-state index < -0.39 is 10.0 Å². The standard InChI is InChI=1S/C23H27ClN2O5S/c1-3-31-23(28)18-11-13-25(14-12-18)22(27)16-26(20-6-4-5-19(24)15-20)32(29,30)21-9-7-17(2)8-10-21/h4-10,15,18H,3,11-14,16H2,1-2H3. The minimum absolute atomic E-state index is 0.0943. The van der Waals surface area contributed by atoms with E-state index in [-0.39, 0.29) is 29.2 Å². The number of nitrogens with zero attached hydrogens (tertiary/aromatic N) is 2. The van der Waals surface area contributed by atoms with Crippen molar-refractivity contribution in [2.45, 2.75) is 31.6 Å². The zero-order chi connectivity index (χ0) is 23.3. The largest absolute Gasteiger partial charge is 0.466 e. The van der Waals surface area contributed by atoms with Crippen LogP contribution in [0.4, 0.5) is 5.69 Å². The van der Waals surface area contributed by atoms with Crippen molar-refractivity contribution in [3.8, 4) is 0 Å². The molecular weight excluding hydrogens is 452 g/mol. The maximum Gasteiger partial charge on any atom is 0.309 e. The van der Waals surface area contributed by atoms with Crippen molar-refractivity contribution in [2.75, 3.05) is 30.5 Å². The molecule has 3 rings (SSSR count). The highest BCUT2D eigenvalue weighted by molar-refractivity contribution is 7.92. The first-order valence-corrected chi connectivity index (χ1v) is 12.3. The van der Waals surface area contributed by atoms with E-state index in [1.54, 1.807) is 42.2 Å². The minimum Gasteiger partial charge on any atom is -0.466 e. The minimum atomic E-state index is -4.00. The molecule has 0 saturated carbocycles. The lowest BCUT2D eigenvalue weighted by molar-refractivity contribution is -0.151. The van der Waals surface area contributed by atoms with Gasteiger partial charge >= 0.3 is 5.97 Å². The van der Waals surface area contributed by atoms with E-state index in [1.165, 1.54) is 18.2 Å². The van der Waals surface area contributed by atoms with Gasteiger partial charge in [0.25, 0.3) is 10.0 Å². The number of sulfonamides is 1. The predicted molar refractivity (Wildman–Crippen MR) is 123 cm³/mol. The zero-order valence-electron chi connectivity index (χ0n) is 18.2. The third kappa shape index (κ3) is 5.61. The number of likely N-dealkylation sites (tertiary alicyclic amines) is 1. The van der Waals surface area contributed by atoms with Crippen LogP contribution in [-0.2, 0) is 24.3 Å². The van der Waals surface area contributed by atoms with Crippen molar-refractivity contribution < 1.29 is 22.7 Å². The third-order valence-corrected chi connectivity index (χ3v) is 7.47. The number of halogens is 1. The molecule has 1 saturated heterocycles. The van der Waals surface area contributed by atoms with Crippen molar-refractivity contribution in [2.24, 2.45) is 5.92 Å². The number of benzene rings is 2. The van der Waals surface area contributed by atoms with Crippen molar-refractivity contribution in [1.29, 1.82) is 0 Å². The maximum atomic E-state index is 13.4. The van der Waals surface area contributed by atoms with Crippen LogP contribution in [0.1, 0.15) is 25.3 Å². The van der Waals surface area contributed by atoms with Crippen molar-refractivity contribution in [1.82, 2.24) is 4.90 Å². The van der Waals surface area contributed by atoms with Crippen LogP contribution in [0.3, 0.4) is 0 Å². The molecule has 2 aromatic rings. The molecule has 0 unspecified atom stereocenters. The van der Waals surface area contributed by atoms with Gasteiger partial charge in [0.1, 0.15) is 6.54 Å². The van der Waals surface area contributed by atoms with Crippen LogP contribution in [0.15, 0.2) is 53.4 Å². The molecule has 2 aromatic carbocycles. The third-order valence-electron chi connectivity index (χ3n) is 5.45. The first-order chi connectivity index (χ1) is 15.2. The predicted octanol–water partition coefficient (Wildman–Crippen LogP) is 3.65. The molecular formula is C23H27ClN2O5S. The SMILES string of the molecule is CCOC(=O)C1CCN(C(=O)CN(c2cccc(Cl)c2)S(=O)(=O)c2ccc(C)cc2)CC1. The van der Waals surface area contributed by atoms with Crippen LogP contribution in [0, 0.1) is 12.8 Å². The Morgan fingerprint density at radius 2 is 1.78 bits per heavy atom. The van der Waals surface area contributed by atoms with Gasteiger partial charge in [-0.2, -0.15) is 0 Å². The Hall–Kier alpha value is -2.58. The molecule has 0 spiro atoms. The van der Waals surface area contributed by atoms with Gasteiger partial charge in [0.05, 0.1) is 23.1 Å². The summed E-state index contributed by atoms with van der Waals surface area (Å²) in [5.41, 5.74) is 1.24. The molecule has 0 aromatic heterocycles. The maximum absolute atomic E-state index is 13.4. The Balaban J connectivity index is 1.82. The normalized spacial score (nSPS) is 14.8. The van der Waals surface area contributed by atoms with E-state index in [0.717, 1.165) is 9.87 Å². The molecule has 0 atom stereocenters. The van der Waals surface area contributed by atoms with E-state index in [9.17, 15) is 18.0 Å². The number of hydrogen-bond acceptors (Lipinski definition) is 5. The number of piperidine rings is 1. The van der Waals surface area contributed by atoms with Gasteiger partial charge in [0.15, 0.2) is 0 Å². The summed E-state index contributed by atoms with van der Waals surface area (Å²) >= 11 is 6.10. The van der Waals surface area contributed by atoms with E-state index >= 15 is 0 Å². The second-order valence-electron chi connectivity index (χ2n) is 7.71. The first kappa shape index (κ1) is 24.1. The van der Waals surface area contributed by atoms with Crippen LogP contribution in [-0.4, -0.2) is 51.4 Å². The number of amides is 1. The monoisotopic (exact) mass is 478 g/mol. The molecule has 172 valence electrons. The highest BCUT2D eigenvalue weighted by Crippen LogP contribution is 2.27. The second kappa shape index (κ2) is 10.4. The summed E-state index contributed by atoms with van der Waals surface area (Å²) in [7, 11) is -4.00. The number of carbonyl (C=O) groups is 2. The molecule has 0 radical (unpaired) electrons. The molecule has 9 heteroatoms. The molecule has 7 nitrogen and oxygen atoms in total. The van der Waals surface area contributed by atoms with Crippen LogP contribution in [0.5, 0.6) is 0 Å². The number of aryl methyl sites for hydroxylation is 1. The average Bonchev–Trinajstić information content (AvgIpc) is 2.77. The van der Waals surface area contributed by atoms with E-state index in [4.69, 9.17) is 16.3 Å². The van der Waals surface area contributed by atoms with Crippen molar-refractivity contribution >= 4 is 39.2 Å². The lowest BCUT2D eigenvalue weighted by atomic mass is 9.97. The molecule has 0 aliphatic carbocycles. The van der Waals surface area contributed by atoms with Gasteiger partial charge in [0.2, 0.25) is 5.91 Å². The highest BCUT2D eigenvalue weighted by atomic mass is 35.5. The lowest BCUT2D eigenvalue weighted by Gasteiger charge is -2.33. The summed E-state index contributed by atoms with van der Waals surface area (Å²) in [6.45, 7) is 4.33. The molecule has 1 amide bonds. The Labute approximate surface area is 194 Å².